The van der Waals surface area contributed by atoms with Gasteiger partial charge in [-0.1, -0.05) is 0 Å². The standard InChI is InChI=1S/H2O4S.O.Zr/c1-5(2,3)4;;/h(H2,1,2,3,4);;/p-2. The van der Waals surface area contributed by atoms with Gasteiger partial charge in [0.2, 0.25) is 0 Å². The number of hydrogen-bond donors (Lipinski definition) is 0. The summed E-state index contributed by atoms with van der Waals surface area (Å²) in [5.74, 6) is 0. The first-order chi connectivity index (χ1) is 2.00. The Morgan fingerprint density at radius 3 is 1.14 bits per heavy atom. The molecule has 7 heavy (non-hydrogen) atoms. The summed E-state index contributed by atoms with van der Waals surface area (Å²) in [5, 5.41) is 0. The van der Waals surface area contributed by atoms with Gasteiger partial charge in [-0.2, -0.15) is 0 Å². The van der Waals surface area contributed by atoms with Gasteiger partial charge in [0.15, 0.2) is 0 Å². The van der Waals surface area contributed by atoms with Crippen LogP contribution >= 0.6 is 0 Å². The van der Waals surface area contributed by atoms with Crippen molar-refractivity contribution in [3.63, 3.8) is 0 Å². The van der Waals surface area contributed by atoms with Crippen molar-refractivity contribution in [3.8, 4) is 0 Å². The Kier molecular flexibility index (Phi) is 10.9. The average Bonchev–Trinajstić information content (AvgIpc) is 0.722. The van der Waals surface area contributed by atoms with Crippen LogP contribution in [-0.2, 0) is 42.1 Å². The largest absolute Gasteiger partial charge is 0.759 e. The molecule has 0 amide bonds. The van der Waals surface area contributed by atoms with E-state index in [-0.39, 0.29) is 31.7 Å². The summed E-state index contributed by atoms with van der Waals surface area (Å²) in [7, 11) is -5.17. The second-order valence-electron chi connectivity index (χ2n) is 0.408. The Bertz CT molecular complexity index is 91.2. The maximum atomic E-state index is 8.52. The molecule has 0 aromatic rings. The molecule has 7 heteroatoms. The zero-order valence-corrected chi connectivity index (χ0v) is 6.22. The van der Waals surface area contributed by atoms with Crippen LogP contribution in [0.15, 0.2) is 0 Å². The molecular weight excluding hydrogens is 203 g/mol. The van der Waals surface area contributed by atoms with Crippen LogP contribution in [0.3, 0.4) is 0 Å². The van der Waals surface area contributed by atoms with Gasteiger partial charge in [-0.15, -0.1) is 0 Å². The first kappa shape index (κ1) is 15.6. The number of hydrogen-bond acceptors (Lipinski definition) is 4. The van der Waals surface area contributed by atoms with Crippen molar-refractivity contribution in [2.45, 2.75) is 0 Å². The quantitative estimate of drug-likeness (QED) is 0.354. The van der Waals surface area contributed by atoms with Gasteiger partial charge in [0.05, 0.1) is 0 Å². The van der Waals surface area contributed by atoms with Crippen molar-refractivity contribution in [1.82, 2.24) is 0 Å². The van der Waals surface area contributed by atoms with Crippen LogP contribution in [0.4, 0.5) is 0 Å². The second-order valence-corrected chi connectivity index (χ2v) is 1.22. The molecule has 0 heterocycles. The van der Waals surface area contributed by atoms with E-state index in [0.717, 1.165) is 0 Å². The van der Waals surface area contributed by atoms with Crippen LogP contribution in [0.2, 0.25) is 0 Å². The molecule has 0 N–H and O–H groups in total. The van der Waals surface area contributed by atoms with Crippen LogP contribution in [0.25, 0.3) is 0 Å². The van der Waals surface area contributed by atoms with Crippen LogP contribution in [0.5, 0.6) is 0 Å². The minimum absolute atomic E-state index is 0. The Morgan fingerprint density at radius 2 is 1.14 bits per heavy atom. The smallest absolute Gasteiger partial charge is 0.0311 e. The third kappa shape index (κ3) is 293. The fraction of sp³-hybridized carbons (Fsp3) is 0. The van der Waals surface area contributed by atoms with Crippen molar-refractivity contribution in [2.24, 2.45) is 0 Å². The van der Waals surface area contributed by atoms with E-state index >= 15 is 0 Å². The molecule has 0 saturated heterocycles. The monoisotopic (exact) mass is 202 g/mol. The summed E-state index contributed by atoms with van der Waals surface area (Å²) in [6.45, 7) is 0. The van der Waals surface area contributed by atoms with Gasteiger partial charge in [0.25, 0.3) is 0 Å². The predicted molar refractivity (Wildman–Crippen MR) is 11.2 cm³/mol. The normalized spacial score (nSPS) is 8.29. The molecule has 0 fully saturated rings. The van der Waals surface area contributed by atoms with E-state index in [1.165, 1.54) is 0 Å². The Labute approximate surface area is 59.7 Å². The van der Waals surface area contributed by atoms with Gasteiger partial charge in [-0.05, 0) is 0 Å². The van der Waals surface area contributed by atoms with E-state index in [9.17, 15) is 0 Å². The third-order valence-corrected chi connectivity index (χ3v) is 0. The summed E-state index contributed by atoms with van der Waals surface area (Å²) in [4.78, 5) is 0. The summed E-state index contributed by atoms with van der Waals surface area (Å²) in [5.41, 5.74) is 0. The van der Waals surface area contributed by atoms with E-state index < -0.39 is 10.4 Å². The summed E-state index contributed by atoms with van der Waals surface area (Å²) < 4.78 is 34.1. The molecule has 42 valence electrons. The zero-order valence-electron chi connectivity index (χ0n) is 2.95. The molecule has 0 aromatic carbocycles. The predicted octanol–water partition coefficient (Wildman–Crippen LogP) is -1.46. The molecule has 0 spiro atoms. The average molecular weight is 203 g/mol. The zero-order chi connectivity index (χ0) is 4.50. The van der Waals surface area contributed by atoms with Crippen LogP contribution in [0.1, 0.15) is 0 Å². The molecule has 0 aliphatic carbocycles. The molecular formula is O5SZr-2. The van der Waals surface area contributed by atoms with E-state index in [1.807, 2.05) is 0 Å². The van der Waals surface area contributed by atoms with Gasteiger partial charge in [-0.3, -0.25) is 8.42 Å². The SMILES string of the molecule is O=S(=O)([O-])[O-].[O].[Zr]. The minimum Gasteiger partial charge on any atom is -0.759 e. The van der Waals surface area contributed by atoms with Crippen LogP contribution < -0.4 is 0 Å². The van der Waals surface area contributed by atoms with Crippen molar-refractivity contribution in [2.75, 3.05) is 0 Å². The molecule has 0 rings (SSSR count). The fourth-order valence-electron chi connectivity index (χ4n) is 0. The van der Waals surface area contributed by atoms with Crippen molar-refractivity contribution in [1.29, 1.82) is 0 Å². The number of rotatable bonds is 0. The summed E-state index contributed by atoms with van der Waals surface area (Å²) in [6, 6.07) is 0. The second kappa shape index (κ2) is 4.86. The van der Waals surface area contributed by atoms with E-state index in [0.29, 0.717) is 0 Å². The molecule has 2 radical (unpaired) electrons. The van der Waals surface area contributed by atoms with Crippen molar-refractivity contribution >= 4 is 10.4 Å². The molecule has 0 saturated carbocycles. The van der Waals surface area contributed by atoms with Crippen molar-refractivity contribution in [3.05, 3.63) is 0 Å². The maximum absolute atomic E-state index is 8.52. The molecule has 0 aromatic heterocycles. The minimum atomic E-state index is -5.17. The summed E-state index contributed by atoms with van der Waals surface area (Å²) in [6.07, 6.45) is 0. The maximum Gasteiger partial charge on any atom is 0.0311 e. The van der Waals surface area contributed by atoms with E-state index in [1.54, 1.807) is 0 Å². The van der Waals surface area contributed by atoms with Gasteiger partial charge in [0, 0.05) is 42.1 Å². The first-order valence-electron chi connectivity index (χ1n) is 0.667. The molecule has 0 bridgehead atoms. The van der Waals surface area contributed by atoms with E-state index in [4.69, 9.17) is 17.5 Å². The molecule has 0 atom stereocenters. The third-order valence-electron chi connectivity index (χ3n) is 0. The fourth-order valence-corrected chi connectivity index (χ4v) is 0. The Morgan fingerprint density at radius 1 is 1.14 bits per heavy atom. The topological polar surface area (TPSA) is 109 Å². The van der Waals surface area contributed by atoms with Gasteiger partial charge >= 0.3 is 0 Å². The molecule has 0 aliphatic rings. The van der Waals surface area contributed by atoms with Gasteiger partial charge < -0.3 is 9.11 Å². The van der Waals surface area contributed by atoms with Crippen LogP contribution in [0, 0.1) is 0 Å². The van der Waals surface area contributed by atoms with Crippen molar-refractivity contribution < 1.29 is 49.2 Å². The molecule has 0 aliphatic heterocycles. The van der Waals surface area contributed by atoms with Crippen LogP contribution in [-0.4, -0.2) is 17.5 Å². The Hall–Kier alpha value is 0.713. The molecule has 5 nitrogen and oxygen atoms in total. The first-order valence-corrected chi connectivity index (χ1v) is 2.00. The van der Waals surface area contributed by atoms with Gasteiger partial charge in [0.1, 0.15) is 0 Å². The van der Waals surface area contributed by atoms with Gasteiger partial charge in [-0.25, -0.2) is 0 Å². The Balaban J connectivity index is -0.0000000800. The van der Waals surface area contributed by atoms with E-state index in [2.05, 4.69) is 0 Å². The summed E-state index contributed by atoms with van der Waals surface area (Å²) >= 11 is 0. The molecule has 0 unspecified atom stereocenters.